The second-order valence-corrected chi connectivity index (χ2v) is 5.25. The number of thiophene rings is 1. The standard InChI is InChI=1S/C12H13F3N4S/c1-19(5-4-8-3-2-6-20-8)10-7-9(12(13,14)15)17-11(16)18-10/h2-3,6-7H,4-5H2,1H3,(H2,16,17,18). The highest BCUT2D eigenvalue weighted by atomic mass is 32.1. The van der Waals surface area contributed by atoms with E-state index < -0.39 is 11.9 Å². The Labute approximate surface area is 118 Å². The third-order valence-electron chi connectivity index (χ3n) is 2.69. The Kier molecular flexibility index (Phi) is 4.12. The van der Waals surface area contributed by atoms with E-state index in [-0.39, 0.29) is 11.8 Å². The van der Waals surface area contributed by atoms with E-state index in [1.165, 1.54) is 0 Å². The highest BCUT2D eigenvalue weighted by Gasteiger charge is 2.33. The van der Waals surface area contributed by atoms with Gasteiger partial charge in [0.25, 0.3) is 0 Å². The van der Waals surface area contributed by atoms with Crippen molar-refractivity contribution in [1.29, 1.82) is 0 Å². The lowest BCUT2D eigenvalue weighted by atomic mass is 10.3. The van der Waals surface area contributed by atoms with E-state index in [0.29, 0.717) is 6.54 Å². The topological polar surface area (TPSA) is 55.0 Å². The molecule has 8 heteroatoms. The van der Waals surface area contributed by atoms with Gasteiger partial charge in [-0.2, -0.15) is 18.2 Å². The monoisotopic (exact) mass is 302 g/mol. The smallest absolute Gasteiger partial charge is 0.368 e. The lowest BCUT2D eigenvalue weighted by molar-refractivity contribution is -0.141. The molecule has 2 rings (SSSR count). The Morgan fingerprint density at radius 3 is 2.70 bits per heavy atom. The van der Waals surface area contributed by atoms with Crippen LogP contribution in [0.3, 0.4) is 0 Å². The van der Waals surface area contributed by atoms with Crippen LogP contribution in [0.4, 0.5) is 24.9 Å². The molecule has 0 saturated heterocycles. The maximum atomic E-state index is 12.7. The Balaban J connectivity index is 2.13. The van der Waals surface area contributed by atoms with Crippen LogP contribution in [0.2, 0.25) is 0 Å². The van der Waals surface area contributed by atoms with Gasteiger partial charge in [-0.05, 0) is 17.9 Å². The molecule has 20 heavy (non-hydrogen) atoms. The molecule has 0 saturated carbocycles. The van der Waals surface area contributed by atoms with E-state index in [4.69, 9.17) is 5.73 Å². The fourth-order valence-electron chi connectivity index (χ4n) is 1.64. The minimum Gasteiger partial charge on any atom is -0.368 e. The van der Waals surface area contributed by atoms with Crippen LogP contribution >= 0.6 is 11.3 Å². The fourth-order valence-corrected chi connectivity index (χ4v) is 2.34. The predicted octanol–water partition coefficient (Wildman–Crippen LogP) is 2.82. The molecule has 0 aliphatic heterocycles. The lowest BCUT2D eigenvalue weighted by Crippen LogP contribution is -2.23. The summed E-state index contributed by atoms with van der Waals surface area (Å²) >= 11 is 1.61. The van der Waals surface area contributed by atoms with Gasteiger partial charge in [0.15, 0.2) is 5.69 Å². The van der Waals surface area contributed by atoms with Crippen molar-refractivity contribution in [3.05, 3.63) is 34.2 Å². The van der Waals surface area contributed by atoms with Crippen LogP contribution in [0.5, 0.6) is 0 Å². The number of nitrogen functional groups attached to an aromatic ring is 1. The summed E-state index contributed by atoms with van der Waals surface area (Å²) in [6.07, 6.45) is -3.79. The third-order valence-corrected chi connectivity index (χ3v) is 3.62. The fraction of sp³-hybridized carbons (Fsp3) is 0.333. The number of hydrogen-bond acceptors (Lipinski definition) is 5. The number of anilines is 2. The van der Waals surface area contributed by atoms with Crippen LogP contribution < -0.4 is 10.6 Å². The Hall–Kier alpha value is -1.83. The van der Waals surface area contributed by atoms with E-state index >= 15 is 0 Å². The van der Waals surface area contributed by atoms with Crippen molar-refractivity contribution in [3.8, 4) is 0 Å². The van der Waals surface area contributed by atoms with Crippen molar-refractivity contribution in [2.45, 2.75) is 12.6 Å². The number of aromatic nitrogens is 2. The molecule has 2 N–H and O–H groups in total. The maximum Gasteiger partial charge on any atom is 0.433 e. The van der Waals surface area contributed by atoms with Crippen LogP contribution in [0, 0.1) is 0 Å². The second kappa shape index (κ2) is 5.66. The molecule has 0 aliphatic carbocycles. The summed E-state index contributed by atoms with van der Waals surface area (Å²) < 4.78 is 38.0. The van der Waals surface area contributed by atoms with Crippen molar-refractivity contribution in [3.63, 3.8) is 0 Å². The van der Waals surface area contributed by atoms with Crippen LogP contribution in [0.15, 0.2) is 23.6 Å². The summed E-state index contributed by atoms with van der Waals surface area (Å²) in [5.41, 5.74) is 4.31. The van der Waals surface area contributed by atoms with Crippen molar-refractivity contribution < 1.29 is 13.2 Å². The number of hydrogen-bond donors (Lipinski definition) is 1. The summed E-state index contributed by atoms with van der Waals surface area (Å²) in [6.45, 7) is 0.550. The van der Waals surface area contributed by atoms with Crippen molar-refractivity contribution in [2.75, 3.05) is 24.2 Å². The van der Waals surface area contributed by atoms with Crippen molar-refractivity contribution in [1.82, 2.24) is 9.97 Å². The average molecular weight is 302 g/mol. The van der Waals surface area contributed by atoms with Gasteiger partial charge in [-0.1, -0.05) is 6.07 Å². The van der Waals surface area contributed by atoms with Gasteiger partial charge in [-0.15, -0.1) is 11.3 Å². The SMILES string of the molecule is CN(CCc1cccs1)c1cc(C(F)(F)F)nc(N)n1. The zero-order chi connectivity index (χ0) is 14.8. The summed E-state index contributed by atoms with van der Waals surface area (Å²) in [5.74, 6) is -0.209. The molecule has 0 radical (unpaired) electrons. The second-order valence-electron chi connectivity index (χ2n) is 4.22. The van der Waals surface area contributed by atoms with Crippen molar-refractivity contribution >= 4 is 23.1 Å². The molecular formula is C12H13F3N4S. The summed E-state index contributed by atoms with van der Waals surface area (Å²) in [5, 5.41) is 1.96. The molecule has 0 spiro atoms. The van der Waals surface area contributed by atoms with E-state index in [1.54, 1.807) is 23.3 Å². The molecule has 0 aliphatic rings. The van der Waals surface area contributed by atoms with Crippen LogP contribution in [-0.4, -0.2) is 23.6 Å². The molecule has 0 unspecified atom stereocenters. The maximum absolute atomic E-state index is 12.7. The molecule has 0 aromatic carbocycles. The number of halogens is 3. The normalized spacial score (nSPS) is 11.6. The molecule has 4 nitrogen and oxygen atoms in total. The highest BCUT2D eigenvalue weighted by Crippen LogP contribution is 2.29. The predicted molar refractivity (Wildman–Crippen MR) is 72.7 cm³/mol. The zero-order valence-corrected chi connectivity index (χ0v) is 11.5. The molecule has 2 aromatic heterocycles. The first-order valence-electron chi connectivity index (χ1n) is 5.81. The highest BCUT2D eigenvalue weighted by molar-refractivity contribution is 7.09. The Bertz CT molecular complexity index is 569. The average Bonchev–Trinajstić information content (AvgIpc) is 2.87. The van der Waals surface area contributed by atoms with E-state index in [9.17, 15) is 13.2 Å². The quantitative estimate of drug-likeness (QED) is 0.943. The molecule has 108 valence electrons. The molecule has 2 aromatic rings. The van der Waals surface area contributed by atoms with Crippen LogP contribution in [0.25, 0.3) is 0 Å². The van der Waals surface area contributed by atoms with Crippen LogP contribution in [-0.2, 0) is 12.6 Å². The largest absolute Gasteiger partial charge is 0.433 e. The Morgan fingerprint density at radius 2 is 2.10 bits per heavy atom. The first-order chi connectivity index (χ1) is 9.36. The van der Waals surface area contributed by atoms with Gasteiger partial charge < -0.3 is 10.6 Å². The minimum absolute atomic E-state index is 0.168. The van der Waals surface area contributed by atoms with E-state index in [0.717, 1.165) is 17.4 Å². The van der Waals surface area contributed by atoms with Gasteiger partial charge in [0.05, 0.1) is 0 Å². The summed E-state index contributed by atoms with van der Waals surface area (Å²) in [4.78, 5) is 9.85. The van der Waals surface area contributed by atoms with Gasteiger partial charge in [-0.3, -0.25) is 0 Å². The number of nitrogens with zero attached hydrogens (tertiary/aromatic N) is 3. The summed E-state index contributed by atoms with van der Waals surface area (Å²) in [7, 11) is 1.68. The molecular weight excluding hydrogens is 289 g/mol. The Morgan fingerprint density at radius 1 is 1.35 bits per heavy atom. The lowest BCUT2D eigenvalue weighted by Gasteiger charge is -2.19. The van der Waals surface area contributed by atoms with Crippen molar-refractivity contribution in [2.24, 2.45) is 0 Å². The zero-order valence-electron chi connectivity index (χ0n) is 10.7. The van der Waals surface area contributed by atoms with E-state index in [2.05, 4.69) is 9.97 Å². The molecule has 0 fully saturated rings. The number of likely N-dealkylation sites (N-methyl/N-ethyl adjacent to an activating group) is 1. The van der Waals surface area contributed by atoms with E-state index in [1.807, 2.05) is 17.5 Å². The molecule has 2 heterocycles. The van der Waals surface area contributed by atoms with Gasteiger partial charge in [0, 0.05) is 24.5 Å². The number of nitrogens with two attached hydrogens (primary N) is 1. The molecule has 0 bridgehead atoms. The minimum atomic E-state index is -4.53. The first-order valence-corrected chi connectivity index (χ1v) is 6.69. The molecule has 0 atom stereocenters. The third kappa shape index (κ3) is 3.60. The van der Waals surface area contributed by atoms with Crippen LogP contribution in [0.1, 0.15) is 10.6 Å². The first kappa shape index (κ1) is 14.6. The summed E-state index contributed by atoms with van der Waals surface area (Å²) in [6, 6.07) is 4.82. The number of rotatable bonds is 4. The number of alkyl halides is 3. The van der Waals surface area contributed by atoms with Gasteiger partial charge in [0.2, 0.25) is 5.95 Å². The van der Waals surface area contributed by atoms with Gasteiger partial charge in [0.1, 0.15) is 5.82 Å². The molecule has 0 amide bonds. The van der Waals surface area contributed by atoms with Gasteiger partial charge in [-0.25, -0.2) is 4.98 Å². The van der Waals surface area contributed by atoms with Gasteiger partial charge >= 0.3 is 6.18 Å².